The Bertz CT molecular complexity index is 1170. The van der Waals surface area contributed by atoms with Crippen LogP contribution in [-0.2, 0) is 16.1 Å². The van der Waals surface area contributed by atoms with Crippen molar-refractivity contribution in [2.45, 2.75) is 56.3 Å². The highest BCUT2D eigenvalue weighted by molar-refractivity contribution is 7.08. The molecule has 3 aliphatic rings. The Morgan fingerprint density at radius 1 is 1.13 bits per heavy atom. The number of hydrogen-bond acceptors (Lipinski definition) is 5. The second-order valence-corrected chi connectivity index (χ2v) is 13.3. The molecular formula is C31H38Cl2N2O3S. The molecule has 2 aromatic rings. The van der Waals surface area contributed by atoms with E-state index in [1.165, 1.54) is 5.56 Å². The van der Waals surface area contributed by atoms with E-state index < -0.39 is 17.5 Å². The molecule has 5 rings (SSSR count). The predicted molar refractivity (Wildman–Crippen MR) is 160 cm³/mol. The van der Waals surface area contributed by atoms with Crippen LogP contribution in [0.3, 0.4) is 0 Å². The minimum atomic E-state index is -0.872. The molecule has 4 heterocycles. The van der Waals surface area contributed by atoms with Crippen molar-refractivity contribution in [3.63, 3.8) is 0 Å². The number of halogens is 2. The molecule has 0 aliphatic carbocycles. The number of hydrogen-bond donors (Lipinski definition) is 1. The second-order valence-electron chi connectivity index (χ2n) is 11.7. The fourth-order valence-electron chi connectivity index (χ4n) is 7.28. The smallest absolute Gasteiger partial charge is 0.333 e. The first kappa shape index (κ1) is 28.8. The molecular weight excluding hydrogens is 551 g/mol. The summed E-state index contributed by atoms with van der Waals surface area (Å²) >= 11 is 14.4. The predicted octanol–water partition coefficient (Wildman–Crippen LogP) is 7.12. The Labute approximate surface area is 246 Å². The van der Waals surface area contributed by atoms with Gasteiger partial charge in [0.2, 0.25) is 0 Å². The Hall–Kier alpha value is -1.67. The first-order valence-electron chi connectivity index (χ1n) is 13.8. The molecule has 1 aromatic carbocycles. The standard InChI is InChI=1S/C31H38Cl2N2O3S/c1-3-8-30(9-4-2)21-31(38-28(30)29(36)37)10-12-34(13-11-31)17-24-18-35(19-26(24)23-7-14-39-20-23)16-22-5-6-25(32)15-27(22)33/h3-7,14-15,20,24,26,28H,1-2,8-13,16-19,21H2,(H,36,37)/t24?,26-,28?/m1/s1. The minimum Gasteiger partial charge on any atom is -0.479 e. The lowest BCUT2D eigenvalue weighted by atomic mass is 9.70. The Morgan fingerprint density at radius 2 is 1.87 bits per heavy atom. The number of piperidine rings is 1. The zero-order valence-corrected chi connectivity index (χ0v) is 24.7. The molecule has 3 saturated heterocycles. The van der Waals surface area contributed by atoms with E-state index in [9.17, 15) is 9.90 Å². The third-order valence-corrected chi connectivity index (χ3v) is 10.4. The van der Waals surface area contributed by atoms with Crippen LogP contribution < -0.4 is 0 Å². The van der Waals surface area contributed by atoms with Crippen LogP contribution in [0.1, 0.15) is 49.1 Å². The van der Waals surface area contributed by atoms with E-state index in [0.29, 0.717) is 29.7 Å². The van der Waals surface area contributed by atoms with E-state index in [0.717, 1.165) is 69.1 Å². The molecule has 3 aliphatic heterocycles. The van der Waals surface area contributed by atoms with E-state index >= 15 is 0 Å². The lowest BCUT2D eigenvalue weighted by molar-refractivity contribution is -0.162. The van der Waals surface area contributed by atoms with Gasteiger partial charge in [0.1, 0.15) is 0 Å². The van der Waals surface area contributed by atoms with Crippen molar-refractivity contribution >= 4 is 40.5 Å². The SMILES string of the molecule is C=CCC1(CC=C)CC2(CCN(CC3CN(Cc4ccc(Cl)cc4Cl)C[C@@H]3c3ccsc3)CC2)OC1C(=O)O. The summed E-state index contributed by atoms with van der Waals surface area (Å²) in [4.78, 5) is 17.3. The fraction of sp³-hybridized carbons (Fsp3) is 0.516. The van der Waals surface area contributed by atoms with Crippen LogP contribution in [0.5, 0.6) is 0 Å². The quantitative estimate of drug-likeness (QED) is 0.299. The van der Waals surface area contributed by atoms with Gasteiger partial charge in [0.05, 0.1) is 5.60 Å². The van der Waals surface area contributed by atoms with Gasteiger partial charge in [-0.3, -0.25) is 4.90 Å². The van der Waals surface area contributed by atoms with Gasteiger partial charge in [-0.05, 0) is 78.1 Å². The summed E-state index contributed by atoms with van der Waals surface area (Å²) in [6.07, 6.45) is 6.57. The average molecular weight is 590 g/mol. The van der Waals surface area contributed by atoms with Gasteiger partial charge in [-0.2, -0.15) is 11.3 Å². The first-order chi connectivity index (χ1) is 18.8. The molecule has 5 nitrogen and oxygen atoms in total. The molecule has 1 spiro atoms. The van der Waals surface area contributed by atoms with Crippen LogP contribution >= 0.6 is 34.5 Å². The zero-order valence-electron chi connectivity index (χ0n) is 22.4. The highest BCUT2D eigenvalue weighted by Gasteiger charge is 2.58. The number of nitrogens with zero attached hydrogens (tertiary/aromatic N) is 2. The second kappa shape index (κ2) is 12.1. The normalized spacial score (nSPS) is 26.7. The van der Waals surface area contributed by atoms with Gasteiger partial charge in [0, 0.05) is 60.6 Å². The molecule has 0 bridgehead atoms. The van der Waals surface area contributed by atoms with Gasteiger partial charge in [0.25, 0.3) is 0 Å². The summed E-state index contributed by atoms with van der Waals surface area (Å²) in [5.74, 6) is 0.116. The van der Waals surface area contributed by atoms with Gasteiger partial charge in [-0.15, -0.1) is 13.2 Å². The van der Waals surface area contributed by atoms with E-state index in [1.54, 1.807) is 11.3 Å². The highest BCUT2D eigenvalue weighted by Crippen LogP contribution is 2.53. The van der Waals surface area contributed by atoms with Crippen molar-refractivity contribution in [2.24, 2.45) is 11.3 Å². The van der Waals surface area contributed by atoms with Gasteiger partial charge in [-0.25, -0.2) is 4.79 Å². The largest absolute Gasteiger partial charge is 0.479 e. The molecule has 1 aromatic heterocycles. The molecule has 39 heavy (non-hydrogen) atoms. The maximum absolute atomic E-state index is 12.2. The fourth-order valence-corrected chi connectivity index (χ4v) is 8.47. The number of ether oxygens (including phenoxy) is 1. The number of rotatable bonds is 10. The lowest BCUT2D eigenvalue weighted by Crippen LogP contribution is -2.46. The van der Waals surface area contributed by atoms with Gasteiger partial charge < -0.3 is 14.7 Å². The topological polar surface area (TPSA) is 53.0 Å². The van der Waals surface area contributed by atoms with Gasteiger partial charge in [-0.1, -0.05) is 41.4 Å². The van der Waals surface area contributed by atoms with Crippen LogP contribution in [0.25, 0.3) is 0 Å². The lowest BCUT2D eigenvalue weighted by Gasteiger charge is -2.40. The van der Waals surface area contributed by atoms with Gasteiger partial charge in [0.15, 0.2) is 6.10 Å². The third-order valence-electron chi connectivity index (χ3n) is 9.08. The van der Waals surface area contributed by atoms with Crippen LogP contribution in [-0.4, -0.2) is 65.3 Å². The number of aliphatic carboxylic acids is 1. The van der Waals surface area contributed by atoms with Crippen molar-refractivity contribution in [2.75, 3.05) is 32.7 Å². The number of carboxylic acids is 1. The summed E-state index contributed by atoms with van der Waals surface area (Å²) in [7, 11) is 0. The van der Waals surface area contributed by atoms with Crippen molar-refractivity contribution in [3.05, 3.63) is 81.5 Å². The molecule has 0 radical (unpaired) electrons. The first-order valence-corrected chi connectivity index (χ1v) is 15.5. The third kappa shape index (κ3) is 6.17. The summed E-state index contributed by atoms with van der Waals surface area (Å²) in [5.41, 5.74) is 1.69. The number of carbonyl (C=O) groups is 1. The minimum absolute atomic E-state index is 0.384. The van der Waals surface area contributed by atoms with E-state index in [2.05, 4.69) is 39.8 Å². The molecule has 3 atom stereocenters. The maximum atomic E-state index is 12.2. The van der Waals surface area contributed by atoms with Gasteiger partial charge >= 0.3 is 5.97 Å². The molecule has 2 unspecified atom stereocenters. The van der Waals surface area contributed by atoms with Crippen LogP contribution in [0.15, 0.2) is 60.3 Å². The Kier molecular flexibility index (Phi) is 8.92. The molecule has 3 fully saturated rings. The van der Waals surface area contributed by atoms with Crippen molar-refractivity contribution in [1.82, 2.24) is 9.80 Å². The van der Waals surface area contributed by atoms with Crippen LogP contribution in [0.4, 0.5) is 0 Å². The molecule has 1 N–H and O–H groups in total. The Balaban J connectivity index is 1.25. The summed E-state index contributed by atoms with van der Waals surface area (Å²) in [6.45, 7) is 13.5. The van der Waals surface area contributed by atoms with E-state index in [4.69, 9.17) is 27.9 Å². The van der Waals surface area contributed by atoms with Crippen molar-refractivity contribution in [3.8, 4) is 0 Å². The number of likely N-dealkylation sites (tertiary alicyclic amines) is 2. The molecule has 210 valence electrons. The summed E-state index contributed by atoms with van der Waals surface area (Å²) < 4.78 is 6.42. The zero-order chi connectivity index (χ0) is 27.6. The van der Waals surface area contributed by atoms with E-state index in [1.807, 2.05) is 30.4 Å². The summed E-state index contributed by atoms with van der Waals surface area (Å²) in [6, 6.07) is 8.04. The number of allylic oxidation sites excluding steroid dienone is 2. The van der Waals surface area contributed by atoms with Crippen molar-refractivity contribution in [1.29, 1.82) is 0 Å². The number of benzene rings is 1. The number of carboxylic acid groups (broad SMARTS) is 1. The number of thiophene rings is 1. The van der Waals surface area contributed by atoms with Crippen LogP contribution in [0, 0.1) is 11.3 Å². The maximum Gasteiger partial charge on any atom is 0.333 e. The Morgan fingerprint density at radius 3 is 2.49 bits per heavy atom. The molecule has 0 amide bonds. The summed E-state index contributed by atoms with van der Waals surface area (Å²) in [5, 5.41) is 15.9. The van der Waals surface area contributed by atoms with E-state index in [-0.39, 0.29) is 5.60 Å². The highest BCUT2D eigenvalue weighted by atomic mass is 35.5. The molecule has 0 saturated carbocycles. The average Bonchev–Trinajstić information content (AvgIpc) is 3.62. The van der Waals surface area contributed by atoms with Crippen LogP contribution in [0.2, 0.25) is 10.0 Å². The van der Waals surface area contributed by atoms with Crippen molar-refractivity contribution < 1.29 is 14.6 Å². The molecule has 8 heteroatoms. The monoisotopic (exact) mass is 588 g/mol.